The van der Waals surface area contributed by atoms with Crippen LogP contribution in [-0.2, 0) is 16.1 Å². The molecule has 0 aromatic heterocycles. The Morgan fingerprint density at radius 2 is 2.00 bits per heavy atom. The fraction of sp³-hybridized carbons (Fsp3) is 0.467. The smallest absolute Gasteiger partial charge is 0.407 e. The van der Waals surface area contributed by atoms with Gasteiger partial charge in [-0.05, 0) is 18.4 Å². The first-order chi connectivity index (χ1) is 10.2. The molecule has 0 heterocycles. The minimum atomic E-state index is -0.458. The first-order valence-electron chi connectivity index (χ1n) is 7.00. The van der Waals surface area contributed by atoms with E-state index in [1.807, 2.05) is 35.2 Å². The van der Waals surface area contributed by atoms with Gasteiger partial charge >= 0.3 is 6.09 Å². The molecule has 0 spiro atoms. The topological polar surface area (TPSA) is 58.6 Å². The van der Waals surface area contributed by atoms with Crippen LogP contribution in [0.2, 0.25) is 0 Å². The van der Waals surface area contributed by atoms with Crippen molar-refractivity contribution in [1.29, 1.82) is 0 Å². The van der Waals surface area contributed by atoms with E-state index in [2.05, 4.69) is 21.2 Å². The lowest BCUT2D eigenvalue weighted by Crippen LogP contribution is -2.40. The number of hydrogen-bond donors (Lipinski definition) is 1. The van der Waals surface area contributed by atoms with Crippen LogP contribution in [0.3, 0.4) is 0 Å². The van der Waals surface area contributed by atoms with Crippen molar-refractivity contribution in [2.24, 2.45) is 0 Å². The highest BCUT2D eigenvalue weighted by Gasteiger charge is 2.31. The van der Waals surface area contributed by atoms with E-state index in [0.29, 0.717) is 24.5 Å². The van der Waals surface area contributed by atoms with Crippen LogP contribution in [-0.4, -0.2) is 41.4 Å². The number of carbonyl (C=O) groups is 2. The third-order valence-corrected chi connectivity index (χ3v) is 3.74. The maximum Gasteiger partial charge on any atom is 0.407 e. The monoisotopic (exact) mass is 354 g/mol. The Kier molecular flexibility index (Phi) is 6.04. The van der Waals surface area contributed by atoms with E-state index in [9.17, 15) is 9.59 Å². The summed E-state index contributed by atoms with van der Waals surface area (Å²) >= 11 is 3.18. The van der Waals surface area contributed by atoms with E-state index in [4.69, 9.17) is 4.74 Å². The highest BCUT2D eigenvalue weighted by atomic mass is 79.9. The Morgan fingerprint density at radius 3 is 2.62 bits per heavy atom. The van der Waals surface area contributed by atoms with Crippen LogP contribution in [0, 0.1) is 0 Å². The van der Waals surface area contributed by atoms with Crippen LogP contribution in [0.5, 0.6) is 0 Å². The minimum Gasteiger partial charge on any atom is -0.445 e. The van der Waals surface area contributed by atoms with Crippen molar-refractivity contribution in [3.8, 4) is 0 Å². The molecule has 0 aliphatic heterocycles. The maximum absolute atomic E-state index is 11.7. The van der Waals surface area contributed by atoms with E-state index in [0.717, 1.165) is 18.4 Å². The van der Waals surface area contributed by atoms with Gasteiger partial charge in [-0.1, -0.05) is 46.3 Å². The summed E-state index contributed by atoms with van der Waals surface area (Å²) < 4.78 is 5.11. The van der Waals surface area contributed by atoms with Gasteiger partial charge < -0.3 is 15.0 Å². The Balaban J connectivity index is 1.65. The van der Waals surface area contributed by atoms with Crippen molar-refractivity contribution in [1.82, 2.24) is 10.2 Å². The van der Waals surface area contributed by atoms with Gasteiger partial charge in [0.25, 0.3) is 0 Å². The lowest BCUT2D eigenvalue weighted by atomic mass is 10.2. The second kappa shape index (κ2) is 8.02. The van der Waals surface area contributed by atoms with Crippen molar-refractivity contribution in [3.63, 3.8) is 0 Å². The van der Waals surface area contributed by atoms with Crippen LogP contribution < -0.4 is 5.32 Å². The molecule has 6 heteroatoms. The first-order valence-corrected chi connectivity index (χ1v) is 8.13. The largest absolute Gasteiger partial charge is 0.445 e. The van der Waals surface area contributed by atoms with Crippen LogP contribution in [0.15, 0.2) is 30.3 Å². The second-order valence-corrected chi connectivity index (χ2v) is 5.50. The predicted octanol–water partition coefficient (Wildman–Crippen LogP) is 2.30. The molecule has 1 fully saturated rings. The number of alkyl carbamates (subject to hydrolysis) is 1. The zero-order valence-corrected chi connectivity index (χ0v) is 13.3. The Hall–Kier alpha value is -1.56. The number of amides is 2. The molecular formula is C15H19BrN2O3. The van der Waals surface area contributed by atoms with Gasteiger partial charge in [0.2, 0.25) is 5.91 Å². The van der Waals surface area contributed by atoms with Gasteiger partial charge in [-0.15, -0.1) is 0 Å². The Bertz CT molecular complexity index is 477. The highest BCUT2D eigenvalue weighted by Crippen LogP contribution is 2.26. The average Bonchev–Trinajstić information content (AvgIpc) is 3.34. The zero-order chi connectivity index (χ0) is 15.1. The lowest BCUT2D eigenvalue weighted by Gasteiger charge is -2.21. The molecule has 1 aromatic carbocycles. The third kappa shape index (κ3) is 5.38. The van der Waals surface area contributed by atoms with Crippen LogP contribution in [0.25, 0.3) is 0 Å². The second-order valence-electron chi connectivity index (χ2n) is 4.94. The fourth-order valence-corrected chi connectivity index (χ4v) is 2.35. The van der Waals surface area contributed by atoms with E-state index >= 15 is 0 Å². The number of carbonyl (C=O) groups excluding carboxylic acids is 2. The van der Waals surface area contributed by atoms with Crippen molar-refractivity contribution in [2.45, 2.75) is 25.5 Å². The number of halogens is 1. The quantitative estimate of drug-likeness (QED) is 0.764. The van der Waals surface area contributed by atoms with Crippen LogP contribution in [0.1, 0.15) is 18.4 Å². The van der Waals surface area contributed by atoms with Crippen molar-refractivity contribution < 1.29 is 14.3 Å². The normalized spacial score (nSPS) is 13.6. The molecule has 1 N–H and O–H groups in total. The first kappa shape index (κ1) is 15.8. The third-order valence-electron chi connectivity index (χ3n) is 3.26. The van der Waals surface area contributed by atoms with E-state index in [1.165, 1.54) is 0 Å². The molecule has 2 amide bonds. The van der Waals surface area contributed by atoms with Gasteiger partial charge in [0.1, 0.15) is 6.61 Å². The summed E-state index contributed by atoms with van der Waals surface area (Å²) in [6.07, 6.45) is 1.65. The summed E-state index contributed by atoms with van der Waals surface area (Å²) in [4.78, 5) is 25.1. The summed E-state index contributed by atoms with van der Waals surface area (Å²) in [5, 5.41) is 3.00. The SMILES string of the molecule is O=C(NCCN(C(=O)CBr)C1CC1)OCc1ccccc1. The summed E-state index contributed by atoms with van der Waals surface area (Å²) in [5.41, 5.74) is 0.946. The molecule has 0 radical (unpaired) electrons. The molecule has 0 atom stereocenters. The van der Waals surface area contributed by atoms with Crippen molar-refractivity contribution >= 4 is 27.9 Å². The number of rotatable bonds is 7. The predicted molar refractivity (Wildman–Crippen MR) is 83.2 cm³/mol. The Labute approximate surface area is 132 Å². The van der Waals surface area contributed by atoms with Gasteiger partial charge in [0.05, 0.1) is 5.33 Å². The van der Waals surface area contributed by atoms with E-state index in [-0.39, 0.29) is 12.5 Å². The molecule has 0 saturated heterocycles. The molecule has 1 saturated carbocycles. The van der Waals surface area contributed by atoms with Gasteiger partial charge in [-0.25, -0.2) is 4.79 Å². The molecule has 0 bridgehead atoms. The van der Waals surface area contributed by atoms with Gasteiger partial charge in [0.15, 0.2) is 0 Å². The molecule has 21 heavy (non-hydrogen) atoms. The zero-order valence-electron chi connectivity index (χ0n) is 11.8. The molecule has 2 rings (SSSR count). The Morgan fingerprint density at radius 1 is 1.29 bits per heavy atom. The number of hydrogen-bond acceptors (Lipinski definition) is 3. The number of ether oxygens (including phenoxy) is 1. The number of benzene rings is 1. The summed E-state index contributed by atoms with van der Waals surface area (Å²) in [6.45, 7) is 1.18. The van der Waals surface area contributed by atoms with Crippen molar-refractivity contribution in [2.75, 3.05) is 18.4 Å². The van der Waals surface area contributed by atoms with Gasteiger partial charge in [-0.3, -0.25) is 4.79 Å². The number of nitrogens with one attached hydrogen (secondary N) is 1. The summed E-state index contributed by atoms with van der Waals surface area (Å²) in [7, 11) is 0. The maximum atomic E-state index is 11.7. The molecule has 1 aliphatic carbocycles. The van der Waals surface area contributed by atoms with Crippen LogP contribution in [0.4, 0.5) is 4.79 Å². The van der Waals surface area contributed by atoms with E-state index < -0.39 is 6.09 Å². The number of nitrogens with zero attached hydrogens (tertiary/aromatic N) is 1. The number of alkyl halides is 1. The molecule has 0 unspecified atom stereocenters. The van der Waals surface area contributed by atoms with Gasteiger partial charge in [-0.2, -0.15) is 0 Å². The molecule has 1 aliphatic rings. The van der Waals surface area contributed by atoms with Crippen LogP contribution >= 0.6 is 15.9 Å². The van der Waals surface area contributed by atoms with Crippen molar-refractivity contribution in [3.05, 3.63) is 35.9 Å². The van der Waals surface area contributed by atoms with Gasteiger partial charge in [0, 0.05) is 19.1 Å². The lowest BCUT2D eigenvalue weighted by molar-refractivity contribution is -0.128. The molecular weight excluding hydrogens is 336 g/mol. The van der Waals surface area contributed by atoms with E-state index in [1.54, 1.807) is 0 Å². The molecule has 5 nitrogen and oxygen atoms in total. The average molecular weight is 355 g/mol. The molecule has 1 aromatic rings. The highest BCUT2D eigenvalue weighted by molar-refractivity contribution is 9.09. The minimum absolute atomic E-state index is 0.0666. The summed E-state index contributed by atoms with van der Waals surface area (Å²) in [5.74, 6) is 0.0666. The summed E-state index contributed by atoms with van der Waals surface area (Å²) in [6, 6.07) is 9.86. The molecule has 114 valence electrons. The fourth-order valence-electron chi connectivity index (χ4n) is 2.03. The standard InChI is InChI=1S/C15H19BrN2O3/c16-10-14(19)18(13-6-7-13)9-8-17-15(20)21-11-12-4-2-1-3-5-12/h1-5,13H,6-11H2,(H,17,20).